The second-order valence-electron chi connectivity index (χ2n) is 12.4. The van der Waals surface area contributed by atoms with Crippen LogP contribution in [0, 0.1) is 0 Å². The van der Waals surface area contributed by atoms with Crippen molar-refractivity contribution in [3.05, 3.63) is 174 Å². The average molecular weight is 585 g/mol. The first-order valence-corrected chi connectivity index (χ1v) is 16.4. The number of nitrogens with zero attached hydrogens (tertiary/aromatic N) is 1. The van der Waals surface area contributed by atoms with Crippen molar-refractivity contribution in [3.63, 3.8) is 0 Å². The monoisotopic (exact) mass is 584 g/mol. The maximum Gasteiger partial charge on any atom is 0.213 e. The summed E-state index contributed by atoms with van der Waals surface area (Å²) < 4.78 is 9.45. The van der Waals surface area contributed by atoms with Crippen LogP contribution in [-0.2, 0) is 17.6 Å². The lowest BCUT2D eigenvalue weighted by Crippen LogP contribution is -2.49. The first kappa shape index (κ1) is 27.7. The summed E-state index contributed by atoms with van der Waals surface area (Å²) in [7, 11) is 0. The summed E-state index contributed by atoms with van der Waals surface area (Å²) in [5, 5.41) is 0. The van der Waals surface area contributed by atoms with Gasteiger partial charge in [-0.3, -0.25) is 0 Å². The van der Waals surface area contributed by atoms with Crippen molar-refractivity contribution in [2.75, 3.05) is 6.61 Å². The van der Waals surface area contributed by atoms with Gasteiger partial charge in [-0.1, -0.05) is 115 Å². The average Bonchev–Trinajstić information content (AvgIpc) is 3.29. The number of hydrogen-bond acceptors (Lipinski definition) is 1. The zero-order valence-corrected chi connectivity index (χ0v) is 25.6. The Bertz CT molecular complexity index is 1810. The minimum atomic E-state index is 0.0812. The Kier molecular flexibility index (Phi) is 7.58. The number of aromatic nitrogens is 1. The van der Waals surface area contributed by atoms with E-state index >= 15 is 0 Å². The molecule has 2 aliphatic rings. The van der Waals surface area contributed by atoms with Crippen LogP contribution in [-0.4, -0.2) is 12.7 Å². The Morgan fingerprint density at radius 3 is 1.49 bits per heavy atom. The molecule has 1 unspecified atom stereocenters. The molecule has 1 aliphatic heterocycles. The number of rotatable bonds is 5. The molecule has 8 rings (SSSR count). The highest BCUT2D eigenvalue weighted by Crippen LogP contribution is 2.42. The van der Waals surface area contributed by atoms with Gasteiger partial charge in [-0.05, 0) is 70.5 Å². The lowest BCUT2D eigenvalue weighted by molar-refractivity contribution is -0.707. The third-order valence-corrected chi connectivity index (χ3v) is 9.82. The Balaban J connectivity index is 1.30. The SMILES string of the molecule is c1ccc(-c2cc(-c3ccccc3)[n+]([C@H]3CCOC(C4c5ccccc5CCc5ccccc54)C3)c(-c3ccccc3)c2)cc1. The number of ether oxygens (including phenoxy) is 1. The minimum Gasteiger partial charge on any atom is -0.377 e. The van der Waals surface area contributed by atoms with Gasteiger partial charge in [0.1, 0.15) is 0 Å². The third kappa shape index (κ3) is 5.41. The lowest BCUT2D eigenvalue weighted by Gasteiger charge is -2.35. The maximum absolute atomic E-state index is 6.81. The van der Waals surface area contributed by atoms with Crippen molar-refractivity contribution in [1.82, 2.24) is 0 Å². The van der Waals surface area contributed by atoms with Crippen molar-refractivity contribution >= 4 is 0 Å². The fourth-order valence-electron chi connectivity index (χ4n) is 7.70. The molecular weight excluding hydrogens is 546 g/mol. The molecule has 45 heavy (non-hydrogen) atoms. The van der Waals surface area contributed by atoms with E-state index in [1.807, 2.05) is 0 Å². The van der Waals surface area contributed by atoms with E-state index < -0.39 is 0 Å². The number of pyridine rings is 1. The summed E-state index contributed by atoms with van der Waals surface area (Å²) in [5.41, 5.74) is 13.2. The van der Waals surface area contributed by atoms with Crippen molar-refractivity contribution in [2.24, 2.45) is 0 Å². The molecule has 1 aromatic heterocycles. The molecule has 0 spiro atoms. The second-order valence-corrected chi connectivity index (χ2v) is 12.4. The van der Waals surface area contributed by atoms with Crippen molar-refractivity contribution < 1.29 is 9.30 Å². The summed E-state index contributed by atoms with van der Waals surface area (Å²) >= 11 is 0. The van der Waals surface area contributed by atoms with E-state index in [1.165, 1.54) is 55.9 Å². The van der Waals surface area contributed by atoms with Gasteiger partial charge in [-0.2, -0.15) is 4.57 Å². The van der Waals surface area contributed by atoms with Gasteiger partial charge in [0.15, 0.2) is 6.04 Å². The van der Waals surface area contributed by atoms with Crippen LogP contribution < -0.4 is 4.57 Å². The van der Waals surface area contributed by atoms with Crippen LogP contribution in [0.15, 0.2) is 152 Å². The predicted octanol–water partition coefficient (Wildman–Crippen LogP) is 9.63. The standard InChI is InChI=1S/C43H38NO/c1-4-14-31(15-5-1)36-28-40(34-18-6-2-7-19-34)44(41(29-36)35-20-8-3-9-21-35)37-26-27-45-42(30-37)43-38-22-12-10-16-32(38)24-25-33-17-11-13-23-39(33)43/h1-23,28-29,37,42-43H,24-27,30H2/q+1/t37-,42?/m0/s1. The third-order valence-electron chi connectivity index (χ3n) is 9.82. The largest absolute Gasteiger partial charge is 0.377 e. The van der Waals surface area contributed by atoms with Gasteiger partial charge < -0.3 is 4.74 Å². The Hall–Kier alpha value is -4.79. The summed E-state index contributed by atoms with van der Waals surface area (Å²) in [5.74, 6) is 0.215. The first-order valence-electron chi connectivity index (χ1n) is 16.4. The van der Waals surface area contributed by atoms with Crippen molar-refractivity contribution in [2.45, 2.75) is 43.7 Å². The normalized spacial score (nSPS) is 18.0. The Morgan fingerprint density at radius 2 is 0.956 bits per heavy atom. The molecule has 1 saturated heterocycles. The van der Waals surface area contributed by atoms with Crippen LogP contribution in [0.4, 0.5) is 0 Å². The Labute approximate surface area is 266 Å². The van der Waals surface area contributed by atoms with Gasteiger partial charge in [-0.25, -0.2) is 0 Å². The molecule has 0 amide bonds. The van der Waals surface area contributed by atoms with Gasteiger partial charge in [-0.15, -0.1) is 0 Å². The van der Waals surface area contributed by atoms with Crippen LogP contribution in [0.25, 0.3) is 33.6 Å². The fourth-order valence-corrected chi connectivity index (χ4v) is 7.70. The zero-order chi connectivity index (χ0) is 30.0. The molecule has 5 aromatic carbocycles. The van der Waals surface area contributed by atoms with E-state index in [1.54, 1.807) is 0 Å². The van der Waals surface area contributed by atoms with Crippen molar-refractivity contribution in [1.29, 1.82) is 0 Å². The fraction of sp³-hybridized carbons (Fsp3) is 0.186. The van der Waals surface area contributed by atoms with Gasteiger partial charge in [0, 0.05) is 42.0 Å². The maximum atomic E-state index is 6.81. The molecule has 2 heterocycles. The van der Waals surface area contributed by atoms with Crippen LogP contribution in [0.2, 0.25) is 0 Å². The molecule has 0 radical (unpaired) electrons. The molecule has 2 heteroatoms. The van der Waals surface area contributed by atoms with Gasteiger partial charge in [0.2, 0.25) is 11.4 Å². The smallest absolute Gasteiger partial charge is 0.213 e. The molecule has 2 atom stereocenters. The molecule has 0 saturated carbocycles. The first-order chi connectivity index (χ1) is 22.3. The highest BCUT2D eigenvalue weighted by atomic mass is 16.5. The number of aryl methyl sites for hydroxylation is 2. The minimum absolute atomic E-state index is 0.0812. The van der Waals surface area contributed by atoms with E-state index in [2.05, 4.69) is 156 Å². The van der Waals surface area contributed by atoms with Crippen LogP contribution >= 0.6 is 0 Å². The molecule has 6 aromatic rings. The molecule has 0 N–H and O–H groups in total. The van der Waals surface area contributed by atoms with E-state index in [4.69, 9.17) is 4.74 Å². The van der Waals surface area contributed by atoms with Crippen LogP contribution in [0.3, 0.4) is 0 Å². The Morgan fingerprint density at radius 1 is 0.489 bits per heavy atom. The lowest BCUT2D eigenvalue weighted by atomic mass is 9.80. The van der Waals surface area contributed by atoms with Gasteiger partial charge in [0.05, 0.1) is 12.7 Å². The topological polar surface area (TPSA) is 13.1 Å². The molecule has 2 nitrogen and oxygen atoms in total. The molecule has 220 valence electrons. The number of benzene rings is 5. The van der Waals surface area contributed by atoms with Crippen LogP contribution in [0.1, 0.15) is 47.1 Å². The molecule has 1 fully saturated rings. The van der Waals surface area contributed by atoms with E-state index in [0.717, 1.165) is 32.3 Å². The molecule has 1 aliphatic carbocycles. The van der Waals surface area contributed by atoms with Crippen LogP contribution in [0.5, 0.6) is 0 Å². The quantitative estimate of drug-likeness (QED) is 0.184. The summed E-state index contributed by atoms with van der Waals surface area (Å²) in [6.45, 7) is 0.742. The zero-order valence-electron chi connectivity index (χ0n) is 25.6. The summed E-state index contributed by atoms with van der Waals surface area (Å²) in [4.78, 5) is 0. The van der Waals surface area contributed by atoms with Gasteiger partial charge in [0.25, 0.3) is 0 Å². The number of hydrogen-bond donors (Lipinski definition) is 0. The molecular formula is C43H38NO+. The second kappa shape index (κ2) is 12.3. The highest BCUT2D eigenvalue weighted by molar-refractivity contribution is 5.73. The highest BCUT2D eigenvalue weighted by Gasteiger charge is 2.40. The van der Waals surface area contributed by atoms with E-state index in [0.29, 0.717) is 0 Å². The molecule has 0 bridgehead atoms. The van der Waals surface area contributed by atoms with Gasteiger partial charge >= 0.3 is 0 Å². The van der Waals surface area contributed by atoms with E-state index in [9.17, 15) is 0 Å². The van der Waals surface area contributed by atoms with Crippen molar-refractivity contribution in [3.8, 4) is 33.6 Å². The predicted molar refractivity (Wildman–Crippen MR) is 183 cm³/mol. The number of fused-ring (bicyclic) bond motifs is 2. The summed E-state index contributed by atoms with van der Waals surface area (Å²) in [6.07, 6.45) is 4.15. The van der Waals surface area contributed by atoms with E-state index in [-0.39, 0.29) is 18.1 Å². The summed E-state index contributed by atoms with van der Waals surface area (Å²) in [6, 6.07) is 55.9.